The minimum absolute atomic E-state index is 0.0132. The highest BCUT2D eigenvalue weighted by Gasteiger charge is 2.31. The van der Waals surface area contributed by atoms with Gasteiger partial charge in [-0.25, -0.2) is 8.42 Å². The number of hydrogen-bond donors (Lipinski definition) is 1. The van der Waals surface area contributed by atoms with Crippen molar-refractivity contribution in [3.63, 3.8) is 0 Å². The number of carbonyl (C=O) groups excluding carboxylic acids is 1. The lowest BCUT2D eigenvalue weighted by atomic mass is 9.82. The highest BCUT2D eigenvalue weighted by Crippen LogP contribution is 2.30. The molecular formula is C23H31ClN2O3S. The van der Waals surface area contributed by atoms with E-state index in [1.54, 1.807) is 43.3 Å². The zero-order valence-corrected chi connectivity index (χ0v) is 20.1. The van der Waals surface area contributed by atoms with Crippen LogP contribution in [0.3, 0.4) is 0 Å². The normalized spacial score (nSPS) is 12.5. The van der Waals surface area contributed by atoms with Crippen molar-refractivity contribution in [1.82, 2.24) is 5.32 Å². The summed E-state index contributed by atoms with van der Waals surface area (Å²) in [6, 6.07) is 13.1. The number of halogens is 1. The number of nitrogens with zero attached hydrogens (tertiary/aromatic N) is 1. The van der Waals surface area contributed by atoms with Gasteiger partial charge in [0.25, 0.3) is 10.0 Å². The van der Waals surface area contributed by atoms with Crippen LogP contribution in [0.1, 0.15) is 46.6 Å². The Hall–Kier alpha value is -2.05. The van der Waals surface area contributed by atoms with E-state index < -0.39 is 15.6 Å². The molecule has 2 aromatic carbocycles. The molecule has 0 fully saturated rings. The quantitative estimate of drug-likeness (QED) is 0.632. The number of nitrogens with one attached hydrogen (secondary N) is 1. The maximum absolute atomic E-state index is 13.4. The zero-order chi connectivity index (χ0) is 22.7. The summed E-state index contributed by atoms with van der Waals surface area (Å²) in [4.78, 5) is 13.1. The average Bonchev–Trinajstić information content (AvgIpc) is 2.58. The van der Waals surface area contributed by atoms with Crippen LogP contribution in [0.25, 0.3) is 0 Å². The van der Waals surface area contributed by atoms with Gasteiger partial charge in [0.1, 0.15) is 6.54 Å². The summed E-state index contributed by atoms with van der Waals surface area (Å²) in [5.74, 6) is -0.363. The van der Waals surface area contributed by atoms with E-state index in [0.717, 1.165) is 10.7 Å². The maximum Gasteiger partial charge on any atom is 0.264 e. The fraction of sp³-hybridized carbons (Fsp3) is 0.435. The Balaban J connectivity index is 2.41. The lowest BCUT2D eigenvalue weighted by molar-refractivity contribution is -0.121. The summed E-state index contributed by atoms with van der Waals surface area (Å²) in [7, 11) is -3.95. The minimum Gasteiger partial charge on any atom is -0.350 e. The first-order valence-electron chi connectivity index (χ1n) is 9.86. The zero-order valence-electron chi connectivity index (χ0n) is 18.5. The second kappa shape index (κ2) is 8.98. The maximum atomic E-state index is 13.4. The summed E-state index contributed by atoms with van der Waals surface area (Å²) in [6.07, 6.45) is 0.747. The van der Waals surface area contributed by atoms with Crippen LogP contribution < -0.4 is 9.62 Å². The van der Waals surface area contributed by atoms with E-state index in [2.05, 4.69) is 26.1 Å². The Bertz CT molecular complexity index is 997. The molecule has 1 amide bonds. The molecule has 0 bridgehead atoms. The third kappa shape index (κ3) is 6.47. The fourth-order valence-electron chi connectivity index (χ4n) is 3.84. The van der Waals surface area contributed by atoms with Crippen LogP contribution in [0.5, 0.6) is 0 Å². The molecule has 0 aromatic heterocycles. The van der Waals surface area contributed by atoms with E-state index in [-0.39, 0.29) is 22.8 Å². The molecule has 7 heteroatoms. The van der Waals surface area contributed by atoms with Crippen molar-refractivity contribution in [3.8, 4) is 0 Å². The Morgan fingerprint density at radius 1 is 1.03 bits per heavy atom. The van der Waals surface area contributed by atoms with Crippen molar-refractivity contribution in [2.75, 3.05) is 10.8 Å². The monoisotopic (exact) mass is 450 g/mol. The molecule has 2 aromatic rings. The van der Waals surface area contributed by atoms with Crippen molar-refractivity contribution < 1.29 is 13.2 Å². The van der Waals surface area contributed by atoms with Crippen molar-refractivity contribution in [2.45, 2.75) is 58.4 Å². The molecule has 0 saturated carbocycles. The summed E-state index contributed by atoms with van der Waals surface area (Å²) >= 11 is 6.06. The molecule has 0 radical (unpaired) electrons. The summed E-state index contributed by atoms with van der Waals surface area (Å²) in [6.45, 7) is 11.6. The number of benzene rings is 2. The number of sulfonamides is 1. The van der Waals surface area contributed by atoms with Crippen molar-refractivity contribution >= 4 is 33.2 Å². The smallest absolute Gasteiger partial charge is 0.264 e. The van der Waals surface area contributed by atoms with Gasteiger partial charge < -0.3 is 5.32 Å². The predicted octanol–water partition coefficient (Wildman–Crippen LogP) is 5.17. The van der Waals surface area contributed by atoms with Crippen molar-refractivity contribution in [1.29, 1.82) is 0 Å². The molecule has 5 nitrogen and oxygen atoms in total. The molecule has 0 aliphatic carbocycles. The highest BCUT2D eigenvalue weighted by molar-refractivity contribution is 7.92. The van der Waals surface area contributed by atoms with Crippen LogP contribution in [0.15, 0.2) is 53.4 Å². The van der Waals surface area contributed by atoms with E-state index in [1.807, 2.05) is 13.8 Å². The Labute approximate surface area is 185 Å². The summed E-state index contributed by atoms with van der Waals surface area (Å²) in [5, 5.41) is 3.50. The first-order valence-corrected chi connectivity index (χ1v) is 11.7. The predicted molar refractivity (Wildman–Crippen MR) is 123 cm³/mol. The van der Waals surface area contributed by atoms with E-state index in [0.29, 0.717) is 16.3 Å². The second-order valence-electron chi connectivity index (χ2n) is 9.43. The Morgan fingerprint density at radius 2 is 1.63 bits per heavy atom. The summed E-state index contributed by atoms with van der Waals surface area (Å²) in [5.41, 5.74) is 0.627. The number of anilines is 1. The van der Waals surface area contributed by atoms with E-state index in [1.165, 1.54) is 12.1 Å². The van der Waals surface area contributed by atoms with Gasteiger partial charge in [0.05, 0.1) is 10.6 Å². The second-order valence-corrected chi connectivity index (χ2v) is 11.7. The van der Waals surface area contributed by atoms with Crippen LogP contribution >= 0.6 is 11.6 Å². The first-order chi connectivity index (χ1) is 13.7. The minimum atomic E-state index is -3.95. The lowest BCUT2D eigenvalue weighted by Gasteiger charge is -2.34. The van der Waals surface area contributed by atoms with Gasteiger partial charge in [-0.3, -0.25) is 9.10 Å². The third-order valence-electron chi connectivity index (χ3n) is 4.50. The largest absolute Gasteiger partial charge is 0.350 e. The molecule has 0 heterocycles. The van der Waals surface area contributed by atoms with Crippen molar-refractivity contribution in [2.24, 2.45) is 5.41 Å². The summed E-state index contributed by atoms with van der Waals surface area (Å²) < 4.78 is 28.0. The fourth-order valence-corrected chi connectivity index (χ4v) is 5.57. The molecule has 0 aliphatic heterocycles. The molecule has 30 heavy (non-hydrogen) atoms. The molecule has 0 atom stereocenters. The van der Waals surface area contributed by atoms with Crippen LogP contribution in [0.4, 0.5) is 5.69 Å². The van der Waals surface area contributed by atoms with Gasteiger partial charge in [-0.1, -0.05) is 50.6 Å². The molecule has 2 rings (SSSR count). The molecule has 164 valence electrons. The molecule has 0 unspecified atom stereocenters. The van der Waals surface area contributed by atoms with E-state index >= 15 is 0 Å². The van der Waals surface area contributed by atoms with E-state index in [9.17, 15) is 13.2 Å². The molecule has 1 N–H and O–H groups in total. The number of hydrogen-bond acceptors (Lipinski definition) is 3. The van der Waals surface area contributed by atoms with Gasteiger partial charge in [0.2, 0.25) is 5.91 Å². The van der Waals surface area contributed by atoms with Gasteiger partial charge >= 0.3 is 0 Å². The van der Waals surface area contributed by atoms with Crippen LogP contribution in [0, 0.1) is 12.3 Å². The average molecular weight is 451 g/mol. The van der Waals surface area contributed by atoms with Crippen LogP contribution in [-0.2, 0) is 14.8 Å². The van der Waals surface area contributed by atoms with Gasteiger partial charge in [-0.2, -0.15) is 0 Å². The van der Waals surface area contributed by atoms with Crippen molar-refractivity contribution in [3.05, 3.63) is 59.1 Å². The van der Waals surface area contributed by atoms with Gasteiger partial charge in [-0.15, -0.1) is 0 Å². The van der Waals surface area contributed by atoms with Gasteiger partial charge in [0.15, 0.2) is 0 Å². The third-order valence-corrected chi connectivity index (χ3v) is 6.51. The van der Waals surface area contributed by atoms with Gasteiger partial charge in [0, 0.05) is 10.6 Å². The topological polar surface area (TPSA) is 66.5 Å². The lowest BCUT2D eigenvalue weighted by Crippen LogP contribution is -2.50. The Morgan fingerprint density at radius 3 is 2.17 bits per heavy atom. The SMILES string of the molecule is Cc1cc(Cl)ccc1N(CC(=O)NC(C)(C)CC(C)(C)C)S(=O)(=O)c1ccccc1. The van der Waals surface area contributed by atoms with Gasteiger partial charge in [-0.05, 0) is 68.5 Å². The number of amides is 1. The highest BCUT2D eigenvalue weighted by atomic mass is 35.5. The molecule has 0 aliphatic rings. The van der Waals surface area contributed by atoms with Crippen LogP contribution in [0.2, 0.25) is 5.02 Å². The van der Waals surface area contributed by atoms with Crippen LogP contribution in [-0.4, -0.2) is 26.4 Å². The molecule has 0 saturated heterocycles. The number of rotatable bonds is 7. The molecular weight excluding hydrogens is 420 g/mol. The van der Waals surface area contributed by atoms with E-state index in [4.69, 9.17) is 11.6 Å². The first kappa shape index (κ1) is 24.2. The number of carbonyl (C=O) groups is 1. The molecule has 0 spiro atoms. The Kier molecular flexibility index (Phi) is 7.25. The number of aryl methyl sites for hydroxylation is 1. The standard InChI is InChI=1S/C23H31ClN2O3S/c1-17-14-18(24)12-13-20(17)26(30(28,29)19-10-8-7-9-11-19)15-21(27)25-23(5,6)16-22(2,3)4/h7-14H,15-16H2,1-6H3,(H,25,27).